The molecule has 0 saturated carbocycles. The third-order valence-corrected chi connectivity index (χ3v) is 1.97. The first-order valence-corrected chi connectivity index (χ1v) is 3.69. The molecule has 60 valence electrons. The lowest BCUT2D eigenvalue weighted by Gasteiger charge is -2.34. The summed E-state index contributed by atoms with van der Waals surface area (Å²) in [6.45, 7) is 0.957. The van der Waals surface area contributed by atoms with Gasteiger partial charge in [-0.1, -0.05) is 0 Å². The van der Waals surface area contributed by atoms with Crippen LogP contribution in [-0.2, 0) is 0 Å². The van der Waals surface area contributed by atoms with Gasteiger partial charge in [-0.25, -0.2) is 5.01 Å². The fourth-order valence-corrected chi connectivity index (χ4v) is 1.30. The molecule has 1 heterocycles. The van der Waals surface area contributed by atoms with Gasteiger partial charge in [0.15, 0.2) is 0 Å². The molecule has 1 rings (SSSR count). The average molecular weight is 144 g/mol. The number of nitrogens with one attached hydrogen (secondary N) is 1. The van der Waals surface area contributed by atoms with Crippen LogP contribution in [0.15, 0.2) is 0 Å². The lowest BCUT2D eigenvalue weighted by atomic mass is 10.1. The molecule has 0 radical (unpaired) electrons. The number of piperidine rings is 1. The molecule has 4 nitrogen and oxygen atoms in total. The Balaban J connectivity index is 2.36. The molecule has 0 aromatic carbocycles. The van der Waals surface area contributed by atoms with E-state index in [1.165, 1.54) is 0 Å². The third-order valence-electron chi connectivity index (χ3n) is 1.97. The Labute approximate surface area is 61.5 Å². The van der Waals surface area contributed by atoms with Crippen LogP contribution < -0.4 is 16.9 Å². The number of hydrogen-bond donors (Lipinski definition) is 3. The van der Waals surface area contributed by atoms with E-state index in [4.69, 9.17) is 11.5 Å². The lowest BCUT2D eigenvalue weighted by molar-refractivity contribution is 0.0925. The molecule has 1 fully saturated rings. The Morgan fingerprint density at radius 3 is 2.70 bits per heavy atom. The second-order valence-corrected chi connectivity index (χ2v) is 2.77. The average Bonchev–Trinajstić information content (AvgIpc) is 1.88. The zero-order valence-electron chi connectivity index (χ0n) is 6.38. The van der Waals surface area contributed by atoms with E-state index in [0.717, 1.165) is 19.4 Å². The molecule has 4 heteroatoms. The molecule has 0 bridgehead atoms. The lowest BCUT2D eigenvalue weighted by Crippen LogP contribution is -2.55. The molecule has 0 aromatic heterocycles. The summed E-state index contributed by atoms with van der Waals surface area (Å²) in [5, 5.41) is 2.02. The molecule has 0 aromatic rings. The van der Waals surface area contributed by atoms with Crippen molar-refractivity contribution >= 4 is 0 Å². The van der Waals surface area contributed by atoms with E-state index < -0.39 is 0 Å². The van der Waals surface area contributed by atoms with Crippen molar-refractivity contribution in [2.24, 2.45) is 11.5 Å². The van der Waals surface area contributed by atoms with Crippen molar-refractivity contribution in [1.29, 1.82) is 0 Å². The smallest absolute Gasteiger partial charge is 0.0722 e. The second kappa shape index (κ2) is 3.30. The highest BCUT2D eigenvalue weighted by atomic mass is 15.5. The third kappa shape index (κ3) is 1.67. The Bertz CT molecular complexity index is 106. The minimum atomic E-state index is 0.0914. The van der Waals surface area contributed by atoms with Crippen LogP contribution in [0.25, 0.3) is 0 Å². The van der Waals surface area contributed by atoms with E-state index in [-0.39, 0.29) is 6.17 Å². The van der Waals surface area contributed by atoms with Gasteiger partial charge in [-0.15, -0.1) is 0 Å². The molecular formula is C6H16N4. The van der Waals surface area contributed by atoms with Gasteiger partial charge in [-0.05, 0) is 19.9 Å². The summed E-state index contributed by atoms with van der Waals surface area (Å²) in [7, 11) is 1.89. The van der Waals surface area contributed by atoms with Gasteiger partial charge in [0.2, 0.25) is 0 Å². The summed E-state index contributed by atoms with van der Waals surface area (Å²) in [5.41, 5.74) is 14.5. The molecule has 0 spiro atoms. The maximum Gasteiger partial charge on any atom is 0.0722 e. The van der Waals surface area contributed by atoms with Gasteiger partial charge in [0.25, 0.3) is 0 Å². The number of hydrazine groups is 1. The highest BCUT2D eigenvalue weighted by molar-refractivity contribution is 4.76. The Morgan fingerprint density at radius 1 is 1.50 bits per heavy atom. The summed E-state index contributed by atoms with van der Waals surface area (Å²) >= 11 is 0. The Hall–Kier alpha value is -0.160. The van der Waals surface area contributed by atoms with Gasteiger partial charge < -0.3 is 11.5 Å². The topological polar surface area (TPSA) is 67.3 Å². The van der Waals surface area contributed by atoms with Crippen molar-refractivity contribution in [1.82, 2.24) is 10.4 Å². The molecule has 1 aliphatic rings. The maximum absolute atomic E-state index is 5.76. The van der Waals surface area contributed by atoms with Crippen LogP contribution in [0.5, 0.6) is 0 Å². The summed E-state index contributed by atoms with van der Waals surface area (Å²) in [6.07, 6.45) is 2.02. The first-order chi connectivity index (χ1) is 4.74. The second-order valence-electron chi connectivity index (χ2n) is 2.77. The predicted octanol–water partition coefficient (Wildman–Crippen LogP) is -1.17. The number of nitrogens with zero attached hydrogens (tertiary/aromatic N) is 1. The molecule has 2 atom stereocenters. The van der Waals surface area contributed by atoms with Crippen molar-refractivity contribution in [2.75, 3.05) is 13.6 Å². The highest BCUT2D eigenvalue weighted by Gasteiger charge is 2.21. The molecular weight excluding hydrogens is 128 g/mol. The molecule has 2 unspecified atom stereocenters. The van der Waals surface area contributed by atoms with Crippen LogP contribution in [0.3, 0.4) is 0 Å². The monoisotopic (exact) mass is 144 g/mol. The van der Waals surface area contributed by atoms with Gasteiger partial charge in [-0.2, -0.15) is 0 Å². The van der Waals surface area contributed by atoms with Gasteiger partial charge in [0, 0.05) is 12.6 Å². The van der Waals surface area contributed by atoms with Gasteiger partial charge in [-0.3, -0.25) is 5.43 Å². The molecule has 1 aliphatic heterocycles. The van der Waals surface area contributed by atoms with Crippen molar-refractivity contribution in [3.8, 4) is 0 Å². The van der Waals surface area contributed by atoms with E-state index in [1.807, 2.05) is 12.1 Å². The van der Waals surface area contributed by atoms with Gasteiger partial charge in [0.05, 0.1) is 6.17 Å². The SMILES string of the molecule is CNN1CCC(N)CC1N. The van der Waals surface area contributed by atoms with Gasteiger partial charge >= 0.3 is 0 Å². The Morgan fingerprint density at radius 2 is 2.20 bits per heavy atom. The van der Waals surface area contributed by atoms with Crippen molar-refractivity contribution in [3.63, 3.8) is 0 Å². The number of rotatable bonds is 1. The largest absolute Gasteiger partial charge is 0.328 e. The van der Waals surface area contributed by atoms with E-state index >= 15 is 0 Å². The normalized spacial score (nSPS) is 36.3. The van der Waals surface area contributed by atoms with E-state index in [0.29, 0.717) is 6.04 Å². The molecule has 0 amide bonds. The van der Waals surface area contributed by atoms with E-state index in [1.54, 1.807) is 0 Å². The summed E-state index contributed by atoms with van der Waals surface area (Å²) < 4.78 is 0. The first kappa shape index (κ1) is 7.94. The van der Waals surface area contributed by atoms with E-state index in [2.05, 4.69) is 5.43 Å². The van der Waals surface area contributed by atoms with Crippen molar-refractivity contribution in [3.05, 3.63) is 0 Å². The highest BCUT2D eigenvalue weighted by Crippen LogP contribution is 2.08. The number of nitrogens with two attached hydrogens (primary N) is 2. The molecule has 1 saturated heterocycles. The standard InChI is InChI=1S/C6H16N4/c1-9-10-3-2-5(7)4-6(10)8/h5-6,9H,2-4,7-8H2,1H3. The summed E-state index contributed by atoms with van der Waals surface area (Å²) in [4.78, 5) is 0. The minimum absolute atomic E-state index is 0.0914. The van der Waals surface area contributed by atoms with Crippen LogP contribution in [0.4, 0.5) is 0 Å². The van der Waals surface area contributed by atoms with Crippen molar-refractivity contribution < 1.29 is 0 Å². The molecule has 5 N–H and O–H groups in total. The van der Waals surface area contributed by atoms with Crippen LogP contribution >= 0.6 is 0 Å². The van der Waals surface area contributed by atoms with Crippen LogP contribution in [0.2, 0.25) is 0 Å². The van der Waals surface area contributed by atoms with E-state index in [9.17, 15) is 0 Å². The van der Waals surface area contributed by atoms with Crippen LogP contribution in [0.1, 0.15) is 12.8 Å². The zero-order valence-corrected chi connectivity index (χ0v) is 6.38. The minimum Gasteiger partial charge on any atom is -0.328 e. The maximum atomic E-state index is 5.76. The predicted molar refractivity (Wildman–Crippen MR) is 41.0 cm³/mol. The quantitative estimate of drug-likeness (QED) is 0.434. The Kier molecular flexibility index (Phi) is 2.62. The fourth-order valence-electron chi connectivity index (χ4n) is 1.30. The molecule has 10 heavy (non-hydrogen) atoms. The summed E-state index contributed by atoms with van der Waals surface area (Å²) in [6, 6.07) is 0.291. The molecule has 0 aliphatic carbocycles. The zero-order chi connectivity index (χ0) is 7.56. The fraction of sp³-hybridized carbons (Fsp3) is 1.00. The van der Waals surface area contributed by atoms with Crippen molar-refractivity contribution in [2.45, 2.75) is 25.0 Å². The van der Waals surface area contributed by atoms with Crippen LogP contribution in [-0.4, -0.2) is 30.8 Å². The van der Waals surface area contributed by atoms with Crippen LogP contribution in [0, 0.1) is 0 Å². The first-order valence-electron chi connectivity index (χ1n) is 3.69. The summed E-state index contributed by atoms with van der Waals surface area (Å²) in [5.74, 6) is 0. The van der Waals surface area contributed by atoms with Gasteiger partial charge in [0.1, 0.15) is 0 Å². The number of hydrogen-bond acceptors (Lipinski definition) is 4.